The first-order chi connectivity index (χ1) is 14.3. The van der Waals surface area contributed by atoms with Crippen molar-refractivity contribution in [2.24, 2.45) is 0 Å². The standard InChI is InChI=1S/C22H25N5O2S/c1-14-10-11-19(15(2)12-14)23-21(29)24-20(28)16(3)30-22-26-25-17(4)27(22)13-18-8-6-5-7-9-18/h5-12,16H,13H2,1-4H3,(H2,23,24,28,29). The van der Waals surface area contributed by atoms with Crippen LogP contribution in [0.3, 0.4) is 0 Å². The van der Waals surface area contributed by atoms with Crippen molar-refractivity contribution < 1.29 is 9.59 Å². The lowest BCUT2D eigenvalue weighted by Gasteiger charge is -2.14. The lowest BCUT2D eigenvalue weighted by atomic mass is 10.1. The number of aryl methyl sites for hydroxylation is 3. The Morgan fingerprint density at radius 1 is 1.07 bits per heavy atom. The highest BCUT2D eigenvalue weighted by Crippen LogP contribution is 2.23. The molecule has 0 aliphatic heterocycles. The second-order valence-corrected chi connectivity index (χ2v) is 8.43. The third kappa shape index (κ3) is 5.48. The van der Waals surface area contributed by atoms with E-state index < -0.39 is 17.2 Å². The smallest absolute Gasteiger partial charge is 0.307 e. The van der Waals surface area contributed by atoms with Crippen molar-refractivity contribution in [3.05, 3.63) is 71.0 Å². The number of imide groups is 1. The summed E-state index contributed by atoms with van der Waals surface area (Å²) >= 11 is 1.27. The van der Waals surface area contributed by atoms with Crippen molar-refractivity contribution in [3.8, 4) is 0 Å². The molecule has 8 heteroatoms. The highest BCUT2D eigenvalue weighted by molar-refractivity contribution is 8.00. The van der Waals surface area contributed by atoms with Crippen molar-refractivity contribution >= 4 is 29.4 Å². The molecular weight excluding hydrogens is 398 g/mol. The zero-order valence-electron chi connectivity index (χ0n) is 17.5. The Morgan fingerprint density at radius 3 is 2.50 bits per heavy atom. The molecule has 2 aromatic carbocycles. The predicted octanol–water partition coefficient (Wildman–Crippen LogP) is 4.08. The van der Waals surface area contributed by atoms with E-state index in [2.05, 4.69) is 20.8 Å². The van der Waals surface area contributed by atoms with E-state index in [0.717, 1.165) is 22.5 Å². The molecular formula is C22H25N5O2S. The van der Waals surface area contributed by atoms with Crippen LogP contribution in [0.4, 0.5) is 10.5 Å². The predicted molar refractivity (Wildman–Crippen MR) is 119 cm³/mol. The number of benzene rings is 2. The van der Waals surface area contributed by atoms with Gasteiger partial charge in [0.2, 0.25) is 5.91 Å². The molecule has 0 saturated heterocycles. The van der Waals surface area contributed by atoms with E-state index in [4.69, 9.17) is 0 Å². The summed E-state index contributed by atoms with van der Waals surface area (Å²) in [5.74, 6) is 0.371. The van der Waals surface area contributed by atoms with Crippen LogP contribution < -0.4 is 10.6 Å². The number of rotatable bonds is 6. The number of hydrogen-bond acceptors (Lipinski definition) is 5. The minimum Gasteiger partial charge on any atom is -0.307 e. The summed E-state index contributed by atoms with van der Waals surface area (Å²) in [6.07, 6.45) is 0. The topological polar surface area (TPSA) is 88.9 Å². The minimum atomic E-state index is -0.554. The fourth-order valence-corrected chi connectivity index (χ4v) is 3.82. The maximum atomic E-state index is 12.5. The highest BCUT2D eigenvalue weighted by Gasteiger charge is 2.21. The van der Waals surface area contributed by atoms with Crippen LogP contribution in [0.5, 0.6) is 0 Å². The van der Waals surface area contributed by atoms with Gasteiger partial charge in [-0.05, 0) is 44.9 Å². The Morgan fingerprint density at radius 2 is 1.80 bits per heavy atom. The van der Waals surface area contributed by atoms with Gasteiger partial charge in [0.1, 0.15) is 5.82 Å². The number of carbonyl (C=O) groups excluding carboxylic acids is 2. The van der Waals surface area contributed by atoms with Gasteiger partial charge in [-0.25, -0.2) is 4.79 Å². The Kier molecular flexibility index (Phi) is 6.89. The Balaban J connectivity index is 1.61. The van der Waals surface area contributed by atoms with E-state index in [1.165, 1.54) is 11.8 Å². The van der Waals surface area contributed by atoms with Gasteiger partial charge in [-0.3, -0.25) is 10.1 Å². The van der Waals surface area contributed by atoms with Crippen molar-refractivity contribution in [3.63, 3.8) is 0 Å². The Bertz CT molecular complexity index is 1050. The molecule has 1 aromatic heterocycles. The van der Waals surface area contributed by atoms with E-state index in [1.807, 2.05) is 73.9 Å². The number of hydrogen-bond donors (Lipinski definition) is 2. The zero-order chi connectivity index (χ0) is 21.7. The molecule has 3 rings (SSSR count). The highest BCUT2D eigenvalue weighted by atomic mass is 32.2. The van der Waals surface area contributed by atoms with Crippen molar-refractivity contribution in [2.75, 3.05) is 5.32 Å². The van der Waals surface area contributed by atoms with Crippen molar-refractivity contribution in [1.82, 2.24) is 20.1 Å². The third-order valence-electron chi connectivity index (χ3n) is 4.60. The number of aromatic nitrogens is 3. The van der Waals surface area contributed by atoms with E-state index in [1.54, 1.807) is 6.92 Å². The first-order valence-electron chi connectivity index (χ1n) is 9.63. The number of nitrogens with one attached hydrogen (secondary N) is 2. The number of thioether (sulfide) groups is 1. The molecule has 1 unspecified atom stereocenters. The number of anilines is 1. The van der Waals surface area contributed by atoms with Crippen LogP contribution in [0.1, 0.15) is 29.4 Å². The third-order valence-corrected chi connectivity index (χ3v) is 5.68. The molecule has 0 fully saturated rings. The van der Waals surface area contributed by atoms with Gasteiger partial charge in [0, 0.05) is 5.69 Å². The maximum Gasteiger partial charge on any atom is 0.325 e. The molecule has 3 amide bonds. The summed E-state index contributed by atoms with van der Waals surface area (Å²) in [7, 11) is 0. The SMILES string of the molecule is Cc1ccc(NC(=O)NC(=O)C(C)Sc2nnc(C)n2Cc2ccccc2)c(C)c1. The summed E-state index contributed by atoms with van der Waals surface area (Å²) in [5, 5.41) is 13.6. The molecule has 2 N–H and O–H groups in total. The molecule has 7 nitrogen and oxygen atoms in total. The van der Waals surface area contributed by atoms with Gasteiger partial charge in [0.25, 0.3) is 0 Å². The van der Waals surface area contributed by atoms with Crippen LogP contribution in [0.15, 0.2) is 53.7 Å². The summed E-state index contributed by atoms with van der Waals surface area (Å²) < 4.78 is 1.96. The fourth-order valence-electron chi connectivity index (χ4n) is 2.93. The fraction of sp³-hybridized carbons (Fsp3) is 0.273. The second-order valence-electron chi connectivity index (χ2n) is 7.12. The number of amides is 3. The maximum absolute atomic E-state index is 12.5. The van der Waals surface area contributed by atoms with Crippen molar-refractivity contribution in [2.45, 2.75) is 44.6 Å². The molecule has 0 radical (unpaired) electrons. The van der Waals surface area contributed by atoms with Crippen LogP contribution in [-0.2, 0) is 11.3 Å². The Labute approximate surface area is 180 Å². The molecule has 0 spiro atoms. The van der Waals surface area contributed by atoms with E-state index in [-0.39, 0.29) is 0 Å². The monoisotopic (exact) mass is 423 g/mol. The minimum absolute atomic E-state index is 0.394. The van der Waals surface area contributed by atoms with Crippen molar-refractivity contribution in [1.29, 1.82) is 0 Å². The van der Waals surface area contributed by atoms with Gasteiger partial charge in [0.05, 0.1) is 11.8 Å². The molecule has 30 heavy (non-hydrogen) atoms. The quantitative estimate of drug-likeness (QED) is 0.583. The van der Waals surface area contributed by atoms with Gasteiger partial charge < -0.3 is 9.88 Å². The Hall–Kier alpha value is -3.13. The lowest BCUT2D eigenvalue weighted by Crippen LogP contribution is -2.39. The lowest BCUT2D eigenvalue weighted by molar-refractivity contribution is -0.119. The largest absolute Gasteiger partial charge is 0.325 e. The first kappa shape index (κ1) is 21.6. The van der Waals surface area contributed by atoms with Gasteiger partial charge in [-0.1, -0.05) is 59.8 Å². The molecule has 0 aliphatic carbocycles. The van der Waals surface area contributed by atoms with Crippen LogP contribution in [0, 0.1) is 20.8 Å². The molecule has 156 valence electrons. The number of urea groups is 1. The summed E-state index contributed by atoms with van der Waals surface area (Å²) in [6.45, 7) is 8.12. The number of carbonyl (C=O) groups is 2. The summed E-state index contributed by atoms with van der Waals surface area (Å²) in [4.78, 5) is 24.8. The van der Waals surface area contributed by atoms with Gasteiger partial charge >= 0.3 is 6.03 Å². The van der Waals surface area contributed by atoms with Crippen LogP contribution in [0.2, 0.25) is 0 Å². The van der Waals surface area contributed by atoms with Gasteiger partial charge in [-0.15, -0.1) is 10.2 Å². The van der Waals surface area contributed by atoms with Gasteiger partial charge in [0.15, 0.2) is 5.16 Å². The van der Waals surface area contributed by atoms with Crippen LogP contribution in [-0.4, -0.2) is 32.0 Å². The molecule has 1 atom stereocenters. The molecule has 0 saturated carbocycles. The summed E-state index contributed by atoms with van der Waals surface area (Å²) in [5.41, 5.74) is 3.83. The molecule has 0 bridgehead atoms. The first-order valence-corrected chi connectivity index (χ1v) is 10.5. The van der Waals surface area contributed by atoms with E-state index in [9.17, 15) is 9.59 Å². The van der Waals surface area contributed by atoms with E-state index in [0.29, 0.717) is 17.4 Å². The average molecular weight is 424 g/mol. The van der Waals surface area contributed by atoms with Crippen LogP contribution in [0.25, 0.3) is 0 Å². The summed E-state index contributed by atoms with van der Waals surface area (Å²) in [6, 6.07) is 15.1. The second kappa shape index (κ2) is 9.58. The van der Waals surface area contributed by atoms with Crippen LogP contribution >= 0.6 is 11.8 Å². The average Bonchev–Trinajstić information content (AvgIpc) is 3.04. The molecule has 1 heterocycles. The number of nitrogens with zero attached hydrogens (tertiary/aromatic N) is 3. The molecule has 0 aliphatic rings. The normalized spacial score (nSPS) is 11.7. The molecule has 3 aromatic rings. The van der Waals surface area contributed by atoms with E-state index >= 15 is 0 Å². The zero-order valence-corrected chi connectivity index (χ0v) is 18.3. The van der Waals surface area contributed by atoms with Gasteiger partial charge in [-0.2, -0.15) is 0 Å².